The Morgan fingerprint density at radius 3 is 1.53 bits per heavy atom. The van der Waals surface area contributed by atoms with E-state index in [1.165, 1.54) is 0 Å². The molecule has 0 aliphatic carbocycles. The van der Waals surface area contributed by atoms with Crippen molar-refractivity contribution in [3.05, 3.63) is 59.7 Å². The zero-order valence-electron chi connectivity index (χ0n) is 19.0. The SMILES string of the molecule is O=C(C(CCl)N1CCNCC1c1ccc(O)cc1)C(CCl)N1CCNCC1c1ccc(O)cc1. The highest BCUT2D eigenvalue weighted by molar-refractivity contribution is 6.22. The van der Waals surface area contributed by atoms with Crippen molar-refractivity contribution in [2.75, 3.05) is 51.0 Å². The van der Waals surface area contributed by atoms with Gasteiger partial charge in [-0.3, -0.25) is 14.6 Å². The molecule has 0 amide bonds. The van der Waals surface area contributed by atoms with Gasteiger partial charge in [0, 0.05) is 63.1 Å². The minimum absolute atomic E-state index is 0.0290. The second-order valence-electron chi connectivity index (χ2n) is 8.84. The molecule has 4 unspecified atom stereocenters. The fraction of sp³-hybridized carbons (Fsp3) is 0.480. The number of carbonyl (C=O) groups excluding carboxylic acids is 1. The normalized spacial score (nSPS) is 23.9. The molecule has 4 rings (SSSR count). The van der Waals surface area contributed by atoms with Gasteiger partial charge in [0.05, 0.1) is 12.1 Å². The topological polar surface area (TPSA) is 88.1 Å². The molecule has 2 aliphatic heterocycles. The molecule has 0 radical (unpaired) electrons. The van der Waals surface area contributed by atoms with Gasteiger partial charge in [0.15, 0.2) is 5.78 Å². The largest absolute Gasteiger partial charge is 0.508 e. The summed E-state index contributed by atoms with van der Waals surface area (Å²) in [5.41, 5.74) is 2.05. The molecule has 2 aromatic carbocycles. The van der Waals surface area contributed by atoms with Gasteiger partial charge < -0.3 is 20.8 Å². The fourth-order valence-corrected chi connectivity index (χ4v) is 5.73. The number of ketones is 1. The summed E-state index contributed by atoms with van der Waals surface area (Å²) in [7, 11) is 0. The average molecular weight is 507 g/mol. The van der Waals surface area contributed by atoms with E-state index in [1.807, 2.05) is 24.3 Å². The van der Waals surface area contributed by atoms with Crippen LogP contribution in [0.5, 0.6) is 11.5 Å². The van der Waals surface area contributed by atoms with E-state index in [2.05, 4.69) is 20.4 Å². The zero-order chi connectivity index (χ0) is 24.1. The van der Waals surface area contributed by atoms with Crippen molar-refractivity contribution in [1.82, 2.24) is 20.4 Å². The third-order valence-corrected chi connectivity index (χ3v) is 7.46. The Bertz CT molecular complexity index is 869. The number of aromatic hydroxyl groups is 2. The van der Waals surface area contributed by atoms with Crippen LogP contribution in [0.15, 0.2) is 48.5 Å². The van der Waals surface area contributed by atoms with Gasteiger partial charge >= 0.3 is 0 Å². The Kier molecular flexibility index (Phi) is 8.69. The number of piperazine rings is 2. The molecule has 0 saturated carbocycles. The number of nitrogens with zero attached hydrogens (tertiary/aromatic N) is 2. The van der Waals surface area contributed by atoms with Gasteiger partial charge in [0.25, 0.3) is 0 Å². The van der Waals surface area contributed by atoms with Gasteiger partial charge in [-0.25, -0.2) is 0 Å². The number of hydrogen-bond donors (Lipinski definition) is 4. The summed E-state index contributed by atoms with van der Waals surface area (Å²) in [6, 6.07) is 13.2. The second-order valence-corrected chi connectivity index (χ2v) is 9.46. The monoisotopic (exact) mass is 506 g/mol. The van der Waals surface area contributed by atoms with Crippen molar-refractivity contribution in [3.63, 3.8) is 0 Å². The Balaban J connectivity index is 1.59. The summed E-state index contributed by atoms with van der Waals surface area (Å²) in [6.45, 7) is 4.30. The molecule has 9 heteroatoms. The first kappa shape index (κ1) is 25.2. The summed E-state index contributed by atoms with van der Waals surface area (Å²) in [5.74, 6) is 0.810. The van der Waals surface area contributed by atoms with E-state index in [-0.39, 0.29) is 41.1 Å². The number of Topliss-reactive ketones (excluding diaryl/α,β-unsaturated/α-hetero) is 1. The van der Waals surface area contributed by atoms with E-state index in [0.717, 1.165) is 24.2 Å². The number of phenolic OH excluding ortho intramolecular Hbond substituents is 2. The van der Waals surface area contributed by atoms with E-state index in [4.69, 9.17) is 23.2 Å². The number of halogens is 2. The molecule has 0 spiro atoms. The molecule has 2 aromatic rings. The van der Waals surface area contributed by atoms with Crippen LogP contribution >= 0.6 is 23.2 Å². The molecular formula is C25H32Cl2N4O3. The molecule has 184 valence electrons. The molecule has 2 heterocycles. The maximum Gasteiger partial charge on any atom is 0.169 e. The highest BCUT2D eigenvalue weighted by Crippen LogP contribution is 2.31. The minimum atomic E-state index is -0.485. The van der Waals surface area contributed by atoms with Crippen LogP contribution in [0.2, 0.25) is 0 Å². The fourth-order valence-electron chi connectivity index (χ4n) is 5.08. The van der Waals surface area contributed by atoms with Gasteiger partial charge in [0.1, 0.15) is 11.5 Å². The van der Waals surface area contributed by atoms with Crippen LogP contribution in [0.25, 0.3) is 0 Å². The van der Waals surface area contributed by atoms with Crippen LogP contribution in [0.1, 0.15) is 23.2 Å². The first-order chi connectivity index (χ1) is 16.5. The molecular weight excluding hydrogens is 475 g/mol. The van der Waals surface area contributed by atoms with Crippen LogP contribution in [-0.4, -0.2) is 88.9 Å². The molecule has 2 aliphatic rings. The van der Waals surface area contributed by atoms with Crippen molar-refractivity contribution < 1.29 is 15.0 Å². The summed E-state index contributed by atoms with van der Waals surface area (Å²) in [4.78, 5) is 18.3. The summed E-state index contributed by atoms with van der Waals surface area (Å²) < 4.78 is 0. The van der Waals surface area contributed by atoms with Crippen LogP contribution in [-0.2, 0) is 4.79 Å². The summed E-state index contributed by atoms with van der Waals surface area (Å²) in [5, 5.41) is 26.2. The average Bonchev–Trinajstić information content (AvgIpc) is 2.87. The first-order valence-electron chi connectivity index (χ1n) is 11.7. The third kappa shape index (κ3) is 5.51. The van der Waals surface area contributed by atoms with E-state index < -0.39 is 12.1 Å². The third-order valence-electron chi connectivity index (χ3n) is 6.88. The maximum atomic E-state index is 14.0. The Hall–Kier alpha value is -1.87. The summed E-state index contributed by atoms with van der Waals surface area (Å²) >= 11 is 12.9. The number of carbonyl (C=O) groups is 1. The van der Waals surface area contributed by atoms with Crippen molar-refractivity contribution in [2.45, 2.75) is 24.2 Å². The predicted molar refractivity (Wildman–Crippen MR) is 135 cm³/mol. The van der Waals surface area contributed by atoms with Crippen LogP contribution in [0.4, 0.5) is 0 Å². The Morgan fingerprint density at radius 2 is 1.18 bits per heavy atom. The van der Waals surface area contributed by atoms with Gasteiger partial charge in [0.2, 0.25) is 0 Å². The summed E-state index contributed by atoms with van der Waals surface area (Å²) in [6.07, 6.45) is 0. The lowest BCUT2D eigenvalue weighted by atomic mass is 9.95. The highest BCUT2D eigenvalue weighted by Gasteiger charge is 2.40. The van der Waals surface area contributed by atoms with Crippen LogP contribution in [0, 0.1) is 0 Å². The highest BCUT2D eigenvalue weighted by atomic mass is 35.5. The number of rotatable bonds is 8. The van der Waals surface area contributed by atoms with Crippen molar-refractivity contribution >= 4 is 29.0 Å². The molecule has 2 fully saturated rings. The van der Waals surface area contributed by atoms with Crippen molar-refractivity contribution in [2.24, 2.45) is 0 Å². The lowest BCUT2D eigenvalue weighted by Crippen LogP contribution is -2.60. The molecule has 0 bridgehead atoms. The van der Waals surface area contributed by atoms with E-state index in [9.17, 15) is 15.0 Å². The molecule has 7 nitrogen and oxygen atoms in total. The number of hydrogen-bond acceptors (Lipinski definition) is 7. The molecule has 2 saturated heterocycles. The second kappa shape index (κ2) is 11.7. The Morgan fingerprint density at radius 1 is 0.794 bits per heavy atom. The number of alkyl halides is 2. The molecule has 0 aromatic heterocycles. The predicted octanol–water partition coefficient (Wildman–Crippen LogP) is 2.47. The van der Waals surface area contributed by atoms with Crippen LogP contribution < -0.4 is 10.6 Å². The number of benzene rings is 2. The first-order valence-corrected chi connectivity index (χ1v) is 12.8. The molecule has 4 N–H and O–H groups in total. The van der Waals surface area contributed by atoms with Gasteiger partial charge in [-0.1, -0.05) is 24.3 Å². The van der Waals surface area contributed by atoms with Gasteiger partial charge in [-0.05, 0) is 35.4 Å². The number of phenols is 2. The smallest absolute Gasteiger partial charge is 0.169 e. The molecule has 4 atom stereocenters. The molecule has 34 heavy (non-hydrogen) atoms. The van der Waals surface area contributed by atoms with Gasteiger partial charge in [-0.15, -0.1) is 23.2 Å². The van der Waals surface area contributed by atoms with E-state index in [1.54, 1.807) is 24.3 Å². The van der Waals surface area contributed by atoms with Gasteiger partial charge in [-0.2, -0.15) is 0 Å². The van der Waals surface area contributed by atoms with Crippen LogP contribution in [0.3, 0.4) is 0 Å². The van der Waals surface area contributed by atoms with E-state index in [0.29, 0.717) is 26.2 Å². The quantitative estimate of drug-likeness (QED) is 0.409. The van der Waals surface area contributed by atoms with Crippen molar-refractivity contribution in [1.29, 1.82) is 0 Å². The Labute approximate surface area is 210 Å². The standard InChI is InChI=1S/C25H32Cl2N4O3/c26-13-21(30-11-9-28-15-23(30)17-1-5-19(32)6-2-17)25(34)22(14-27)31-12-10-29-16-24(31)18-3-7-20(33)8-4-18/h1-8,21-24,28-29,32-33H,9-16H2. The minimum Gasteiger partial charge on any atom is -0.508 e. The lowest BCUT2D eigenvalue weighted by Gasteiger charge is -2.45. The maximum absolute atomic E-state index is 14.0. The lowest BCUT2D eigenvalue weighted by molar-refractivity contribution is -0.131. The number of nitrogens with one attached hydrogen (secondary N) is 2. The van der Waals surface area contributed by atoms with Crippen molar-refractivity contribution in [3.8, 4) is 11.5 Å². The zero-order valence-corrected chi connectivity index (χ0v) is 20.5. The van der Waals surface area contributed by atoms with E-state index >= 15 is 0 Å².